The van der Waals surface area contributed by atoms with E-state index in [0.717, 1.165) is 24.0 Å². The molecule has 2 atom stereocenters. The first-order valence-electron chi connectivity index (χ1n) is 7.56. The van der Waals surface area contributed by atoms with Crippen molar-refractivity contribution in [1.82, 2.24) is 4.90 Å². The van der Waals surface area contributed by atoms with Crippen LogP contribution >= 0.6 is 0 Å². The van der Waals surface area contributed by atoms with Crippen LogP contribution in [-0.4, -0.2) is 43.4 Å². The zero-order valence-electron chi connectivity index (χ0n) is 12.6. The molecule has 0 radical (unpaired) electrons. The number of likely N-dealkylation sites (tertiary alicyclic amines) is 1. The Morgan fingerprint density at radius 1 is 1.43 bits per heavy atom. The van der Waals surface area contributed by atoms with Gasteiger partial charge in [0.05, 0.1) is 17.9 Å². The summed E-state index contributed by atoms with van der Waals surface area (Å²) < 4.78 is 5.22. The van der Waals surface area contributed by atoms with Gasteiger partial charge in [0.15, 0.2) is 5.78 Å². The van der Waals surface area contributed by atoms with Gasteiger partial charge < -0.3 is 9.64 Å². The highest BCUT2D eigenvalue weighted by atomic mass is 16.5. The number of ether oxygens (including phenoxy) is 1. The van der Waals surface area contributed by atoms with Gasteiger partial charge in [-0.2, -0.15) is 0 Å². The second-order valence-electron chi connectivity index (χ2n) is 6.14. The number of carbonyl (C=O) groups excluding carboxylic acids is 2. The zero-order chi connectivity index (χ0) is 15.0. The first kappa shape index (κ1) is 14.3. The van der Waals surface area contributed by atoms with Crippen LogP contribution in [0.3, 0.4) is 0 Å². The summed E-state index contributed by atoms with van der Waals surface area (Å²) in [5.74, 6) is -0.454. The normalized spacial score (nSPS) is 28.7. The summed E-state index contributed by atoms with van der Waals surface area (Å²) >= 11 is 0. The van der Waals surface area contributed by atoms with E-state index >= 15 is 0 Å². The van der Waals surface area contributed by atoms with E-state index in [2.05, 4.69) is 4.90 Å². The molecular formula is C17H21NO3. The highest BCUT2D eigenvalue weighted by Crippen LogP contribution is 2.46. The molecule has 1 saturated heterocycles. The molecule has 1 fully saturated rings. The van der Waals surface area contributed by atoms with Crippen LogP contribution < -0.4 is 0 Å². The predicted octanol–water partition coefficient (Wildman–Crippen LogP) is 1.93. The SMILES string of the molecule is CCOC(=O)[C@@H]1CN(C)C[C@]12CCc1ccccc1C2=O. The molecule has 0 bridgehead atoms. The Morgan fingerprint density at radius 2 is 2.19 bits per heavy atom. The Kier molecular flexibility index (Phi) is 3.57. The smallest absolute Gasteiger partial charge is 0.311 e. The van der Waals surface area contributed by atoms with Gasteiger partial charge in [0.1, 0.15) is 0 Å². The number of ketones is 1. The molecule has 1 spiro atoms. The van der Waals surface area contributed by atoms with Gasteiger partial charge in [0.25, 0.3) is 0 Å². The van der Waals surface area contributed by atoms with E-state index in [1.165, 1.54) is 0 Å². The average molecular weight is 287 g/mol. The van der Waals surface area contributed by atoms with E-state index < -0.39 is 5.41 Å². The molecule has 0 aromatic heterocycles. The van der Waals surface area contributed by atoms with E-state index in [0.29, 0.717) is 19.7 Å². The van der Waals surface area contributed by atoms with Crippen LogP contribution in [0, 0.1) is 11.3 Å². The molecule has 112 valence electrons. The van der Waals surface area contributed by atoms with Crippen LogP contribution in [0.4, 0.5) is 0 Å². The minimum absolute atomic E-state index is 0.117. The molecule has 0 saturated carbocycles. The molecule has 4 heteroatoms. The summed E-state index contributed by atoms with van der Waals surface area (Å²) in [5, 5.41) is 0. The van der Waals surface area contributed by atoms with Crippen molar-refractivity contribution < 1.29 is 14.3 Å². The Labute approximate surface area is 125 Å². The molecule has 1 aromatic carbocycles. The summed E-state index contributed by atoms with van der Waals surface area (Å²) in [4.78, 5) is 27.5. The maximum Gasteiger partial charge on any atom is 0.311 e. The van der Waals surface area contributed by atoms with Crippen LogP contribution in [0.15, 0.2) is 24.3 Å². The summed E-state index contributed by atoms with van der Waals surface area (Å²) in [6, 6.07) is 7.76. The molecule has 0 amide bonds. The molecule has 1 aromatic rings. The molecule has 1 aliphatic carbocycles. The van der Waals surface area contributed by atoms with Crippen LogP contribution in [-0.2, 0) is 16.0 Å². The standard InChI is InChI=1S/C17H21NO3/c1-3-21-16(20)14-10-18(2)11-17(14)9-8-12-6-4-5-7-13(12)15(17)19/h4-7,14H,3,8-11H2,1-2H3/t14-,17+/m0/s1. The van der Waals surface area contributed by atoms with Crippen molar-refractivity contribution in [3.05, 3.63) is 35.4 Å². The van der Waals surface area contributed by atoms with Crippen molar-refractivity contribution in [2.24, 2.45) is 11.3 Å². The monoisotopic (exact) mass is 287 g/mol. The molecule has 21 heavy (non-hydrogen) atoms. The topological polar surface area (TPSA) is 46.6 Å². The summed E-state index contributed by atoms with van der Waals surface area (Å²) in [7, 11) is 1.97. The van der Waals surface area contributed by atoms with Crippen LogP contribution in [0.2, 0.25) is 0 Å². The van der Waals surface area contributed by atoms with Gasteiger partial charge in [-0.25, -0.2) is 0 Å². The van der Waals surface area contributed by atoms with Crippen molar-refractivity contribution in [2.45, 2.75) is 19.8 Å². The number of Topliss-reactive ketones (excluding diaryl/α,β-unsaturated/α-hetero) is 1. The van der Waals surface area contributed by atoms with E-state index in [-0.39, 0.29) is 17.7 Å². The van der Waals surface area contributed by atoms with Gasteiger partial charge in [0.2, 0.25) is 0 Å². The zero-order valence-corrected chi connectivity index (χ0v) is 12.6. The summed E-state index contributed by atoms with van der Waals surface area (Å²) in [6.45, 7) is 3.41. The predicted molar refractivity (Wildman–Crippen MR) is 79.1 cm³/mol. The van der Waals surface area contributed by atoms with Crippen molar-refractivity contribution in [2.75, 3.05) is 26.7 Å². The third kappa shape index (κ3) is 2.18. The Morgan fingerprint density at radius 3 is 2.95 bits per heavy atom. The molecule has 1 aliphatic heterocycles. The number of benzene rings is 1. The Balaban J connectivity index is 1.99. The molecule has 2 aliphatic rings. The fourth-order valence-corrected chi connectivity index (χ4v) is 3.87. The molecule has 0 unspecified atom stereocenters. The first-order valence-corrected chi connectivity index (χ1v) is 7.56. The van der Waals surface area contributed by atoms with E-state index in [9.17, 15) is 9.59 Å². The van der Waals surface area contributed by atoms with Gasteiger partial charge in [-0.05, 0) is 32.4 Å². The average Bonchev–Trinajstić information content (AvgIpc) is 2.82. The lowest BCUT2D eigenvalue weighted by Gasteiger charge is -2.36. The number of nitrogens with zero attached hydrogens (tertiary/aromatic N) is 1. The highest BCUT2D eigenvalue weighted by molar-refractivity contribution is 6.05. The van der Waals surface area contributed by atoms with Crippen molar-refractivity contribution in [3.8, 4) is 0 Å². The minimum Gasteiger partial charge on any atom is -0.466 e. The van der Waals surface area contributed by atoms with Crippen LogP contribution in [0.25, 0.3) is 0 Å². The summed E-state index contributed by atoms with van der Waals surface area (Å²) in [6.07, 6.45) is 1.59. The van der Waals surface area contributed by atoms with Gasteiger partial charge in [-0.1, -0.05) is 24.3 Å². The van der Waals surface area contributed by atoms with E-state index in [1.54, 1.807) is 6.92 Å². The fourth-order valence-electron chi connectivity index (χ4n) is 3.87. The number of hydrogen-bond donors (Lipinski definition) is 0. The number of carbonyl (C=O) groups is 2. The third-order valence-corrected chi connectivity index (χ3v) is 4.84. The van der Waals surface area contributed by atoms with Gasteiger partial charge in [-0.15, -0.1) is 0 Å². The third-order valence-electron chi connectivity index (χ3n) is 4.84. The maximum atomic E-state index is 13.1. The molecule has 4 nitrogen and oxygen atoms in total. The number of hydrogen-bond acceptors (Lipinski definition) is 4. The van der Waals surface area contributed by atoms with Gasteiger partial charge in [-0.3, -0.25) is 9.59 Å². The molecule has 0 N–H and O–H groups in total. The van der Waals surface area contributed by atoms with Crippen molar-refractivity contribution in [1.29, 1.82) is 0 Å². The van der Waals surface area contributed by atoms with Crippen LogP contribution in [0.1, 0.15) is 29.3 Å². The van der Waals surface area contributed by atoms with E-state index in [4.69, 9.17) is 4.74 Å². The van der Waals surface area contributed by atoms with Crippen molar-refractivity contribution in [3.63, 3.8) is 0 Å². The second-order valence-corrected chi connectivity index (χ2v) is 6.14. The van der Waals surface area contributed by atoms with Crippen LogP contribution in [0.5, 0.6) is 0 Å². The molecule has 3 rings (SSSR count). The maximum absolute atomic E-state index is 13.1. The molecule has 1 heterocycles. The fraction of sp³-hybridized carbons (Fsp3) is 0.529. The van der Waals surface area contributed by atoms with Gasteiger partial charge >= 0.3 is 5.97 Å². The largest absolute Gasteiger partial charge is 0.466 e. The number of fused-ring (bicyclic) bond motifs is 1. The second kappa shape index (κ2) is 5.26. The number of aryl methyl sites for hydroxylation is 1. The first-order chi connectivity index (χ1) is 10.1. The lowest BCUT2D eigenvalue weighted by molar-refractivity contribution is -0.150. The number of esters is 1. The highest BCUT2D eigenvalue weighted by Gasteiger charge is 2.56. The summed E-state index contributed by atoms with van der Waals surface area (Å²) in [5.41, 5.74) is 1.29. The van der Waals surface area contributed by atoms with Gasteiger partial charge in [0, 0.05) is 18.7 Å². The van der Waals surface area contributed by atoms with Crippen molar-refractivity contribution >= 4 is 11.8 Å². The minimum atomic E-state index is -0.602. The Hall–Kier alpha value is -1.68. The Bertz CT molecular complexity index is 583. The number of rotatable bonds is 2. The lowest BCUT2D eigenvalue weighted by Crippen LogP contribution is -2.45. The van der Waals surface area contributed by atoms with E-state index in [1.807, 2.05) is 31.3 Å². The molecular weight excluding hydrogens is 266 g/mol. The lowest BCUT2D eigenvalue weighted by atomic mass is 9.65. The quantitative estimate of drug-likeness (QED) is 0.780.